The van der Waals surface area contributed by atoms with E-state index in [1.54, 1.807) is 36.7 Å². The summed E-state index contributed by atoms with van der Waals surface area (Å²) in [5.74, 6) is 0. The third kappa shape index (κ3) is 6.51. The van der Waals surface area contributed by atoms with Gasteiger partial charge in [-0.1, -0.05) is 6.07 Å². The van der Waals surface area contributed by atoms with Crippen LogP contribution in [0, 0.1) is 0 Å². The molecule has 0 atom stereocenters. The largest absolute Gasteiger partial charge is 0.314 e. The highest BCUT2D eigenvalue weighted by molar-refractivity contribution is 7.88. The maximum Gasteiger partial charge on any atom is 0.250 e. The predicted octanol–water partition coefficient (Wildman–Crippen LogP) is -0.234. The fraction of sp³-hybridized carbons (Fsp3) is 0.583. The number of hydrogen-bond donors (Lipinski definition) is 2. The summed E-state index contributed by atoms with van der Waals surface area (Å²) in [6.07, 6.45) is 2.86. The smallest absolute Gasteiger partial charge is 0.250 e. The predicted molar refractivity (Wildman–Crippen MR) is 75.6 cm³/mol. The summed E-state index contributed by atoms with van der Waals surface area (Å²) in [6.45, 7) is 5.24. The molecule has 0 fully saturated rings. The lowest BCUT2D eigenvalue weighted by atomic mass is 10.1. The summed E-state index contributed by atoms with van der Waals surface area (Å²) in [5.41, 5.74) is -0.604. The van der Waals surface area contributed by atoms with Gasteiger partial charge in [0.2, 0.25) is 10.0 Å². The van der Waals surface area contributed by atoms with Crippen molar-refractivity contribution in [1.29, 1.82) is 0 Å². The van der Waals surface area contributed by atoms with Gasteiger partial charge in [0.05, 0.1) is 6.26 Å². The summed E-state index contributed by atoms with van der Waals surface area (Å²) < 4.78 is 26.5. The van der Waals surface area contributed by atoms with E-state index in [0.717, 1.165) is 6.26 Å². The average molecular weight is 287 g/mol. The van der Waals surface area contributed by atoms with Gasteiger partial charge < -0.3 is 9.88 Å². The molecule has 0 aliphatic carbocycles. The van der Waals surface area contributed by atoms with Crippen molar-refractivity contribution < 1.29 is 8.42 Å². The Balaban J connectivity index is 2.39. The fourth-order valence-electron chi connectivity index (χ4n) is 1.78. The van der Waals surface area contributed by atoms with Crippen LogP contribution in [-0.4, -0.2) is 37.9 Å². The molecule has 0 saturated carbocycles. The van der Waals surface area contributed by atoms with Crippen LogP contribution in [0.2, 0.25) is 0 Å². The van der Waals surface area contributed by atoms with Gasteiger partial charge in [-0.15, -0.1) is 0 Å². The Labute approximate surface area is 113 Å². The normalized spacial score (nSPS) is 12.6. The molecular weight excluding hydrogens is 266 g/mol. The lowest BCUT2D eigenvalue weighted by Crippen LogP contribution is -2.50. The SMILES string of the molecule is CC(C)(CNCCn1ccccc1=O)NS(C)(=O)=O. The van der Waals surface area contributed by atoms with Gasteiger partial charge in [0.25, 0.3) is 5.56 Å². The minimum Gasteiger partial charge on any atom is -0.314 e. The first-order valence-corrected chi connectivity index (χ1v) is 7.94. The standard InChI is InChI=1S/C12H21N3O3S/c1-12(2,14-19(3,17)18)10-13-7-9-15-8-5-4-6-11(15)16/h4-6,8,13-14H,7,9-10H2,1-3H3. The van der Waals surface area contributed by atoms with E-state index < -0.39 is 15.6 Å². The molecule has 0 spiro atoms. The molecule has 0 bridgehead atoms. The van der Waals surface area contributed by atoms with Crippen molar-refractivity contribution in [1.82, 2.24) is 14.6 Å². The molecule has 0 radical (unpaired) electrons. The van der Waals surface area contributed by atoms with Crippen LogP contribution in [0.5, 0.6) is 0 Å². The molecule has 0 aliphatic rings. The summed E-state index contributed by atoms with van der Waals surface area (Å²) in [6, 6.07) is 5.01. The summed E-state index contributed by atoms with van der Waals surface area (Å²) in [7, 11) is -3.22. The third-order valence-electron chi connectivity index (χ3n) is 2.46. The average Bonchev–Trinajstić information content (AvgIpc) is 2.23. The van der Waals surface area contributed by atoms with Gasteiger partial charge in [-0.3, -0.25) is 4.79 Å². The quantitative estimate of drug-likeness (QED) is 0.679. The molecule has 7 heteroatoms. The second kappa shape index (κ2) is 6.31. The number of pyridine rings is 1. The Kier molecular flexibility index (Phi) is 5.28. The molecule has 0 aromatic carbocycles. The van der Waals surface area contributed by atoms with Gasteiger partial charge in [0, 0.05) is 37.4 Å². The zero-order valence-corrected chi connectivity index (χ0v) is 12.3. The number of hydrogen-bond acceptors (Lipinski definition) is 4. The molecule has 0 amide bonds. The molecule has 1 heterocycles. The number of aromatic nitrogens is 1. The Morgan fingerprint density at radius 3 is 2.58 bits per heavy atom. The van der Waals surface area contributed by atoms with Crippen LogP contribution in [0.15, 0.2) is 29.2 Å². The van der Waals surface area contributed by atoms with Gasteiger partial charge in [-0.05, 0) is 19.9 Å². The van der Waals surface area contributed by atoms with Crippen LogP contribution >= 0.6 is 0 Å². The van der Waals surface area contributed by atoms with E-state index >= 15 is 0 Å². The Bertz CT molecular complexity index is 564. The van der Waals surface area contributed by atoms with Crippen molar-refractivity contribution in [2.45, 2.75) is 25.9 Å². The summed E-state index contributed by atoms with van der Waals surface area (Å²) >= 11 is 0. The van der Waals surface area contributed by atoms with E-state index in [-0.39, 0.29) is 5.56 Å². The molecule has 2 N–H and O–H groups in total. The van der Waals surface area contributed by atoms with E-state index in [4.69, 9.17) is 0 Å². The van der Waals surface area contributed by atoms with Crippen molar-refractivity contribution in [2.75, 3.05) is 19.3 Å². The Morgan fingerprint density at radius 1 is 1.32 bits per heavy atom. The van der Waals surface area contributed by atoms with E-state index in [1.807, 2.05) is 0 Å². The molecule has 1 aromatic rings. The molecule has 0 aliphatic heterocycles. The molecule has 108 valence electrons. The highest BCUT2D eigenvalue weighted by Gasteiger charge is 2.21. The molecule has 0 unspecified atom stereocenters. The molecule has 6 nitrogen and oxygen atoms in total. The van der Waals surface area contributed by atoms with Crippen molar-refractivity contribution in [3.05, 3.63) is 34.7 Å². The van der Waals surface area contributed by atoms with Gasteiger partial charge in [-0.2, -0.15) is 0 Å². The second-order valence-corrected chi connectivity index (χ2v) is 6.92. The van der Waals surface area contributed by atoms with Crippen LogP contribution < -0.4 is 15.6 Å². The highest BCUT2D eigenvalue weighted by atomic mass is 32.2. The highest BCUT2D eigenvalue weighted by Crippen LogP contribution is 2.01. The molecule has 1 aromatic heterocycles. The maximum absolute atomic E-state index is 11.4. The van der Waals surface area contributed by atoms with Crippen LogP contribution in [0.3, 0.4) is 0 Å². The minimum absolute atomic E-state index is 0.0437. The molecular formula is C12H21N3O3S. The van der Waals surface area contributed by atoms with Gasteiger partial charge in [-0.25, -0.2) is 13.1 Å². The second-order valence-electron chi connectivity index (χ2n) is 5.17. The van der Waals surface area contributed by atoms with E-state index in [2.05, 4.69) is 10.0 Å². The van der Waals surface area contributed by atoms with E-state index in [1.165, 1.54) is 6.07 Å². The first-order chi connectivity index (χ1) is 8.70. The first-order valence-electron chi connectivity index (χ1n) is 6.05. The van der Waals surface area contributed by atoms with E-state index in [0.29, 0.717) is 19.6 Å². The van der Waals surface area contributed by atoms with Crippen LogP contribution in [-0.2, 0) is 16.6 Å². The summed E-state index contributed by atoms with van der Waals surface area (Å²) in [5, 5.41) is 3.14. The van der Waals surface area contributed by atoms with Crippen molar-refractivity contribution in [3.63, 3.8) is 0 Å². The maximum atomic E-state index is 11.4. The van der Waals surface area contributed by atoms with Crippen molar-refractivity contribution in [3.8, 4) is 0 Å². The van der Waals surface area contributed by atoms with Crippen molar-refractivity contribution in [2.24, 2.45) is 0 Å². The lowest BCUT2D eigenvalue weighted by molar-refractivity contribution is 0.415. The first kappa shape index (κ1) is 15.9. The number of rotatable bonds is 7. The number of sulfonamides is 1. The monoisotopic (exact) mass is 287 g/mol. The minimum atomic E-state index is -3.22. The van der Waals surface area contributed by atoms with E-state index in [9.17, 15) is 13.2 Å². The topological polar surface area (TPSA) is 80.2 Å². The van der Waals surface area contributed by atoms with Crippen LogP contribution in [0.1, 0.15) is 13.8 Å². The number of nitrogens with one attached hydrogen (secondary N) is 2. The Morgan fingerprint density at radius 2 is 2.00 bits per heavy atom. The van der Waals surface area contributed by atoms with Crippen LogP contribution in [0.25, 0.3) is 0 Å². The number of nitrogens with zero attached hydrogens (tertiary/aromatic N) is 1. The fourth-order valence-corrected chi connectivity index (χ4v) is 2.86. The van der Waals surface area contributed by atoms with Gasteiger partial charge in [0.1, 0.15) is 0 Å². The summed E-state index contributed by atoms with van der Waals surface area (Å²) in [4.78, 5) is 11.4. The molecule has 19 heavy (non-hydrogen) atoms. The molecule has 0 saturated heterocycles. The van der Waals surface area contributed by atoms with Crippen molar-refractivity contribution >= 4 is 10.0 Å². The Hall–Kier alpha value is -1.18. The van der Waals surface area contributed by atoms with Gasteiger partial charge in [0.15, 0.2) is 0 Å². The zero-order chi connectivity index (χ0) is 14.5. The lowest BCUT2D eigenvalue weighted by Gasteiger charge is -2.25. The van der Waals surface area contributed by atoms with Gasteiger partial charge >= 0.3 is 0 Å². The zero-order valence-electron chi connectivity index (χ0n) is 11.5. The molecule has 1 rings (SSSR count). The third-order valence-corrected chi connectivity index (χ3v) is 3.38. The van der Waals surface area contributed by atoms with Crippen LogP contribution in [0.4, 0.5) is 0 Å².